The number of halogens is 3. The van der Waals surface area contributed by atoms with E-state index < -0.39 is 11.6 Å². The summed E-state index contributed by atoms with van der Waals surface area (Å²) in [5, 5.41) is 2.62. The van der Waals surface area contributed by atoms with E-state index in [1.165, 1.54) is 6.07 Å². The van der Waals surface area contributed by atoms with E-state index in [0.29, 0.717) is 12.0 Å². The summed E-state index contributed by atoms with van der Waals surface area (Å²) in [5.74, 6) is -1.77. The van der Waals surface area contributed by atoms with Gasteiger partial charge in [-0.2, -0.15) is 0 Å². The first-order chi connectivity index (χ1) is 10.6. The Morgan fingerprint density at radius 2 is 1.82 bits per heavy atom. The Bertz CT molecular complexity index is 664. The number of rotatable bonds is 6. The van der Waals surface area contributed by atoms with Crippen molar-refractivity contribution in [3.8, 4) is 0 Å². The number of hydrogen-bond acceptors (Lipinski definition) is 2. The van der Waals surface area contributed by atoms with E-state index >= 15 is 0 Å². The van der Waals surface area contributed by atoms with Gasteiger partial charge in [-0.15, -0.1) is 11.8 Å². The van der Waals surface area contributed by atoms with Crippen molar-refractivity contribution in [1.82, 2.24) is 5.32 Å². The first-order valence-electron chi connectivity index (χ1n) is 6.64. The highest BCUT2D eigenvalue weighted by Gasteiger charge is 2.08. The van der Waals surface area contributed by atoms with Gasteiger partial charge in [0.05, 0.1) is 5.75 Å². The third-order valence-corrected chi connectivity index (χ3v) is 3.96. The molecule has 0 unspecified atom stereocenters. The van der Waals surface area contributed by atoms with Crippen LogP contribution in [0.1, 0.15) is 5.56 Å². The molecule has 0 heterocycles. The molecule has 2 aromatic carbocycles. The lowest BCUT2D eigenvalue weighted by Crippen LogP contribution is -2.27. The van der Waals surface area contributed by atoms with Crippen molar-refractivity contribution in [3.63, 3.8) is 0 Å². The van der Waals surface area contributed by atoms with Crippen LogP contribution in [-0.2, 0) is 11.2 Å². The summed E-state index contributed by atoms with van der Waals surface area (Å²) in [5.41, 5.74) is 0.520. The standard InChI is InChI=1S/C16H14F3NOS/c17-12-5-6-14(19)15(9-12)22-10-16(21)20-8-7-11-3-1-2-4-13(11)18/h1-6,9H,7-8,10H2,(H,20,21). The zero-order valence-electron chi connectivity index (χ0n) is 11.6. The van der Waals surface area contributed by atoms with Crippen LogP contribution < -0.4 is 5.32 Å². The summed E-state index contributed by atoms with van der Waals surface area (Å²) in [7, 11) is 0. The van der Waals surface area contributed by atoms with Crippen molar-refractivity contribution in [3.05, 3.63) is 65.5 Å². The molecule has 116 valence electrons. The van der Waals surface area contributed by atoms with Crippen LogP contribution >= 0.6 is 11.8 Å². The maximum absolute atomic E-state index is 13.4. The molecule has 2 rings (SSSR count). The van der Waals surface area contributed by atoms with Gasteiger partial charge < -0.3 is 5.32 Å². The summed E-state index contributed by atoms with van der Waals surface area (Å²) in [4.78, 5) is 11.7. The van der Waals surface area contributed by atoms with Gasteiger partial charge in [-0.05, 0) is 36.2 Å². The lowest BCUT2D eigenvalue weighted by molar-refractivity contribution is -0.118. The molecule has 0 fully saturated rings. The zero-order valence-corrected chi connectivity index (χ0v) is 12.4. The lowest BCUT2D eigenvalue weighted by Gasteiger charge is -2.06. The van der Waals surface area contributed by atoms with Gasteiger partial charge >= 0.3 is 0 Å². The first kappa shape index (κ1) is 16.4. The molecule has 0 spiro atoms. The highest BCUT2D eigenvalue weighted by atomic mass is 32.2. The first-order valence-corrected chi connectivity index (χ1v) is 7.63. The van der Waals surface area contributed by atoms with Gasteiger partial charge in [-0.25, -0.2) is 13.2 Å². The summed E-state index contributed by atoms with van der Waals surface area (Å²) in [6, 6.07) is 9.43. The second-order valence-electron chi connectivity index (χ2n) is 4.55. The maximum Gasteiger partial charge on any atom is 0.230 e. The van der Waals surface area contributed by atoms with E-state index in [4.69, 9.17) is 0 Å². The fraction of sp³-hybridized carbons (Fsp3) is 0.188. The summed E-state index contributed by atoms with van der Waals surface area (Å²) in [6.07, 6.45) is 0.372. The number of hydrogen-bond donors (Lipinski definition) is 1. The van der Waals surface area contributed by atoms with Gasteiger partial charge in [0.1, 0.15) is 17.5 Å². The molecular weight excluding hydrogens is 311 g/mol. The predicted molar refractivity (Wildman–Crippen MR) is 80.2 cm³/mol. The fourth-order valence-corrected chi connectivity index (χ4v) is 2.61. The average Bonchev–Trinajstić information content (AvgIpc) is 2.50. The number of amides is 1. The largest absolute Gasteiger partial charge is 0.355 e. The molecule has 1 amide bonds. The van der Waals surface area contributed by atoms with Crippen LogP contribution in [0.25, 0.3) is 0 Å². The normalized spacial score (nSPS) is 10.5. The zero-order chi connectivity index (χ0) is 15.9. The average molecular weight is 325 g/mol. The molecule has 0 saturated heterocycles. The predicted octanol–water partition coefficient (Wildman–Crippen LogP) is 3.55. The van der Waals surface area contributed by atoms with Crippen LogP contribution in [0.15, 0.2) is 47.4 Å². The van der Waals surface area contributed by atoms with Crippen molar-refractivity contribution in [2.75, 3.05) is 12.3 Å². The molecule has 0 radical (unpaired) electrons. The van der Waals surface area contributed by atoms with Crippen LogP contribution in [0.2, 0.25) is 0 Å². The van der Waals surface area contributed by atoms with Gasteiger partial charge in [0.25, 0.3) is 0 Å². The molecule has 22 heavy (non-hydrogen) atoms. The monoisotopic (exact) mass is 325 g/mol. The summed E-state index contributed by atoms with van der Waals surface area (Å²) in [6.45, 7) is 0.284. The SMILES string of the molecule is O=C(CSc1cc(F)ccc1F)NCCc1ccccc1F. The third kappa shape index (κ3) is 4.80. The smallest absolute Gasteiger partial charge is 0.230 e. The van der Waals surface area contributed by atoms with Gasteiger partial charge in [0.2, 0.25) is 5.91 Å². The van der Waals surface area contributed by atoms with Crippen LogP contribution in [0.3, 0.4) is 0 Å². The highest BCUT2D eigenvalue weighted by molar-refractivity contribution is 8.00. The maximum atomic E-state index is 13.4. The Balaban J connectivity index is 1.76. The third-order valence-electron chi connectivity index (χ3n) is 2.93. The van der Waals surface area contributed by atoms with Gasteiger partial charge in [-0.1, -0.05) is 18.2 Å². The van der Waals surface area contributed by atoms with Gasteiger partial charge in [-0.3, -0.25) is 4.79 Å². The van der Waals surface area contributed by atoms with Gasteiger partial charge in [0, 0.05) is 11.4 Å². The number of carbonyl (C=O) groups is 1. The molecule has 6 heteroatoms. The highest BCUT2D eigenvalue weighted by Crippen LogP contribution is 2.22. The second-order valence-corrected chi connectivity index (χ2v) is 5.57. The van der Waals surface area contributed by atoms with Crippen LogP contribution in [0.5, 0.6) is 0 Å². The van der Waals surface area contributed by atoms with Crippen molar-refractivity contribution in [2.45, 2.75) is 11.3 Å². The Morgan fingerprint density at radius 3 is 2.59 bits per heavy atom. The van der Waals surface area contributed by atoms with Crippen LogP contribution in [-0.4, -0.2) is 18.2 Å². The molecule has 0 saturated carbocycles. The molecule has 0 aromatic heterocycles. The van der Waals surface area contributed by atoms with E-state index in [-0.39, 0.29) is 28.9 Å². The molecule has 1 N–H and O–H groups in total. The number of benzene rings is 2. The minimum absolute atomic E-state index is 0.0301. The minimum Gasteiger partial charge on any atom is -0.355 e. The van der Waals surface area contributed by atoms with Gasteiger partial charge in [0.15, 0.2) is 0 Å². The Hall–Kier alpha value is -1.95. The molecule has 0 aliphatic rings. The molecule has 0 bridgehead atoms. The number of nitrogens with one attached hydrogen (secondary N) is 1. The van der Waals surface area contributed by atoms with Crippen molar-refractivity contribution in [1.29, 1.82) is 0 Å². The second kappa shape index (κ2) is 7.89. The van der Waals surface area contributed by atoms with Crippen LogP contribution in [0, 0.1) is 17.5 Å². The Morgan fingerprint density at radius 1 is 1.05 bits per heavy atom. The van der Waals surface area contributed by atoms with E-state index in [2.05, 4.69) is 5.32 Å². The topological polar surface area (TPSA) is 29.1 Å². The van der Waals surface area contributed by atoms with Crippen molar-refractivity contribution in [2.24, 2.45) is 0 Å². The molecule has 0 aliphatic heterocycles. The fourth-order valence-electron chi connectivity index (χ4n) is 1.82. The van der Waals surface area contributed by atoms with E-state index in [9.17, 15) is 18.0 Å². The molecule has 2 nitrogen and oxygen atoms in total. The summed E-state index contributed by atoms with van der Waals surface area (Å²) < 4.78 is 39.7. The minimum atomic E-state index is -0.564. The quantitative estimate of drug-likeness (QED) is 0.823. The number of carbonyl (C=O) groups excluding carboxylic acids is 1. The molecular formula is C16H14F3NOS. The van der Waals surface area contributed by atoms with E-state index in [0.717, 1.165) is 30.0 Å². The van der Waals surface area contributed by atoms with E-state index in [1.807, 2.05) is 0 Å². The molecule has 2 aromatic rings. The van der Waals surface area contributed by atoms with E-state index in [1.54, 1.807) is 18.2 Å². The van der Waals surface area contributed by atoms with Crippen molar-refractivity contribution >= 4 is 17.7 Å². The lowest BCUT2D eigenvalue weighted by atomic mass is 10.1. The molecule has 0 aliphatic carbocycles. The van der Waals surface area contributed by atoms with Crippen molar-refractivity contribution < 1.29 is 18.0 Å². The Labute approximate surface area is 130 Å². The Kier molecular flexibility index (Phi) is 5.89. The summed E-state index contributed by atoms with van der Waals surface area (Å²) >= 11 is 0.918. The van der Waals surface area contributed by atoms with Crippen LogP contribution in [0.4, 0.5) is 13.2 Å². The number of thioether (sulfide) groups is 1. The molecule has 0 atom stereocenters.